The highest BCUT2D eigenvalue weighted by molar-refractivity contribution is 5.82. The number of hydrogen-bond donors (Lipinski definition) is 0. The Kier molecular flexibility index (Phi) is 3.20. The van der Waals surface area contributed by atoms with Gasteiger partial charge in [-0.3, -0.25) is 4.98 Å². The molecule has 20 heavy (non-hydrogen) atoms. The lowest BCUT2D eigenvalue weighted by Gasteiger charge is -2.21. The summed E-state index contributed by atoms with van der Waals surface area (Å²) in [6.45, 7) is 7.28. The molecule has 1 aliphatic heterocycles. The minimum Gasteiger partial charge on any atom is -0.478 e. The molecule has 2 aromatic rings. The number of aliphatic imine (C=N–C) groups is 1. The van der Waals surface area contributed by atoms with Crippen LogP contribution in [0.4, 0.5) is 0 Å². The predicted octanol–water partition coefficient (Wildman–Crippen LogP) is 3.62. The van der Waals surface area contributed by atoms with Crippen molar-refractivity contribution in [1.82, 2.24) is 4.98 Å². The molecule has 3 nitrogen and oxygen atoms in total. The third-order valence-corrected chi connectivity index (χ3v) is 3.70. The van der Waals surface area contributed by atoms with Crippen molar-refractivity contribution >= 4 is 16.8 Å². The summed E-state index contributed by atoms with van der Waals surface area (Å²) in [7, 11) is 0. The molecule has 0 saturated heterocycles. The average molecular weight is 268 g/mol. The van der Waals surface area contributed by atoms with Crippen molar-refractivity contribution in [3.05, 3.63) is 42.1 Å². The van der Waals surface area contributed by atoms with Crippen LogP contribution in [0, 0.1) is 5.41 Å². The Balaban J connectivity index is 1.80. The van der Waals surface area contributed by atoms with E-state index in [0.717, 1.165) is 22.5 Å². The molecule has 1 aromatic heterocycles. The van der Waals surface area contributed by atoms with E-state index in [1.807, 2.05) is 18.2 Å². The van der Waals surface area contributed by atoms with Crippen LogP contribution in [-0.4, -0.2) is 23.5 Å². The van der Waals surface area contributed by atoms with Crippen molar-refractivity contribution in [2.45, 2.75) is 33.2 Å². The van der Waals surface area contributed by atoms with Gasteiger partial charge in [-0.1, -0.05) is 45.0 Å². The SMILES string of the molecule is CC(C)(C)[C@H]1COC(Cc2ccc3ccccc3n2)=N1. The van der Waals surface area contributed by atoms with E-state index in [1.165, 1.54) is 0 Å². The molecule has 3 heteroatoms. The second-order valence-electron chi connectivity index (χ2n) is 6.39. The molecule has 0 bridgehead atoms. The second-order valence-corrected chi connectivity index (χ2v) is 6.39. The normalized spacial score (nSPS) is 18.9. The largest absolute Gasteiger partial charge is 0.478 e. The van der Waals surface area contributed by atoms with Gasteiger partial charge in [-0.15, -0.1) is 0 Å². The van der Waals surface area contributed by atoms with Gasteiger partial charge < -0.3 is 4.74 Å². The van der Waals surface area contributed by atoms with Crippen LogP contribution in [0.15, 0.2) is 41.4 Å². The van der Waals surface area contributed by atoms with E-state index in [2.05, 4.69) is 48.9 Å². The minimum atomic E-state index is 0.151. The van der Waals surface area contributed by atoms with Crippen molar-refractivity contribution in [3.63, 3.8) is 0 Å². The quantitative estimate of drug-likeness (QED) is 0.833. The maximum Gasteiger partial charge on any atom is 0.189 e. The highest BCUT2D eigenvalue weighted by Gasteiger charge is 2.30. The molecule has 1 aromatic carbocycles. The fraction of sp³-hybridized carbons (Fsp3) is 0.412. The van der Waals surface area contributed by atoms with Gasteiger partial charge in [0.2, 0.25) is 0 Å². The van der Waals surface area contributed by atoms with Crippen LogP contribution in [0.1, 0.15) is 26.5 Å². The van der Waals surface area contributed by atoms with Gasteiger partial charge in [-0.05, 0) is 17.5 Å². The number of benzene rings is 1. The maximum absolute atomic E-state index is 5.72. The zero-order chi connectivity index (χ0) is 14.2. The van der Waals surface area contributed by atoms with Gasteiger partial charge in [-0.2, -0.15) is 0 Å². The van der Waals surface area contributed by atoms with E-state index >= 15 is 0 Å². The summed E-state index contributed by atoms with van der Waals surface area (Å²) in [4.78, 5) is 9.35. The number of hydrogen-bond acceptors (Lipinski definition) is 3. The van der Waals surface area contributed by atoms with E-state index < -0.39 is 0 Å². The highest BCUT2D eigenvalue weighted by atomic mass is 16.5. The Morgan fingerprint density at radius 3 is 2.70 bits per heavy atom. The summed E-state index contributed by atoms with van der Waals surface area (Å²) in [5.41, 5.74) is 2.19. The first-order chi connectivity index (χ1) is 9.52. The highest BCUT2D eigenvalue weighted by Crippen LogP contribution is 2.26. The van der Waals surface area contributed by atoms with Crippen molar-refractivity contribution < 1.29 is 4.74 Å². The topological polar surface area (TPSA) is 34.5 Å². The Hall–Kier alpha value is -1.90. The summed E-state index contributed by atoms with van der Waals surface area (Å²) in [5, 5.41) is 1.16. The maximum atomic E-state index is 5.72. The summed E-state index contributed by atoms with van der Waals surface area (Å²) in [6.07, 6.45) is 0.678. The third kappa shape index (κ3) is 2.67. The van der Waals surface area contributed by atoms with E-state index in [1.54, 1.807) is 0 Å². The molecule has 0 unspecified atom stereocenters. The number of ether oxygens (including phenoxy) is 1. The van der Waals surface area contributed by atoms with Crippen LogP contribution in [-0.2, 0) is 11.2 Å². The van der Waals surface area contributed by atoms with Crippen LogP contribution in [0.25, 0.3) is 10.9 Å². The number of pyridine rings is 1. The Labute approximate surface area is 119 Å². The molecule has 2 heterocycles. The number of fused-ring (bicyclic) bond motifs is 1. The average Bonchev–Trinajstić information content (AvgIpc) is 2.87. The molecular weight excluding hydrogens is 248 g/mol. The number of para-hydroxylation sites is 1. The van der Waals surface area contributed by atoms with Crippen LogP contribution < -0.4 is 0 Å². The monoisotopic (exact) mass is 268 g/mol. The lowest BCUT2D eigenvalue weighted by molar-refractivity contribution is 0.233. The van der Waals surface area contributed by atoms with Gasteiger partial charge >= 0.3 is 0 Å². The number of rotatable bonds is 2. The first-order valence-corrected chi connectivity index (χ1v) is 7.06. The molecule has 0 amide bonds. The van der Waals surface area contributed by atoms with Gasteiger partial charge in [0.25, 0.3) is 0 Å². The van der Waals surface area contributed by atoms with Gasteiger partial charge in [-0.25, -0.2) is 4.99 Å². The van der Waals surface area contributed by atoms with Gasteiger partial charge in [0.15, 0.2) is 5.90 Å². The fourth-order valence-electron chi connectivity index (χ4n) is 2.33. The zero-order valence-corrected chi connectivity index (χ0v) is 12.3. The molecule has 1 atom stereocenters. The molecule has 0 spiro atoms. The zero-order valence-electron chi connectivity index (χ0n) is 12.3. The fourth-order valence-corrected chi connectivity index (χ4v) is 2.33. The number of nitrogens with zero attached hydrogens (tertiary/aromatic N) is 2. The van der Waals surface area contributed by atoms with Crippen LogP contribution in [0.5, 0.6) is 0 Å². The van der Waals surface area contributed by atoms with E-state index in [0.29, 0.717) is 13.0 Å². The van der Waals surface area contributed by atoms with Crippen molar-refractivity contribution in [2.75, 3.05) is 6.61 Å². The van der Waals surface area contributed by atoms with Crippen LogP contribution >= 0.6 is 0 Å². The summed E-state index contributed by atoms with van der Waals surface area (Å²) in [5.74, 6) is 0.813. The molecular formula is C17H20N2O. The lowest BCUT2D eigenvalue weighted by Crippen LogP contribution is -2.25. The van der Waals surface area contributed by atoms with E-state index in [4.69, 9.17) is 4.74 Å². The molecule has 0 saturated carbocycles. The molecule has 104 valence electrons. The summed E-state index contributed by atoms with van der Waals surface area (Å²) in [6, 6.07) is 12.6. The predicted molar refractivity (Wildman–Crippen MR) is 82.1 cm³/mol. The van der Waals surface area contributed by atoms with Crippen LogP contribution in [0.2, 0.25) is 0 Å². The minimum absolute atomic E-state index is 0.151. The Bertz CT molecular complexity index is 655. The molecule has 3 rings (SSSR count). The lowest BCUT2D eigenvalue weighted by atomic mass is 9.88. The molecule has 0 radical (unpaired) electrons. The van der Waals surface area contributed by atoms with Crippen molar-refractivity contribution in [2.24, 2.45) is 10.4 Å². The first-order valence-electron chi connectivity index (χ1n) is 7.06. The van der Waals surface area contributed by atoms with E-state index in [-0.39, 0.29) is 11.5 Å². The standard InChI is InChI=1S/C17H20N2O/c1-17(2,3)15-11-20-16(19-15)10-13-9-8-12-6-4-5-7-14(12)18-13/h4-9,15H,10-11H2,1-3H3/t15-/m1/s1. The molecule has 0 fully saturated rings. The van der Waals surface area contributed by atoms with E-state index in [9.17, 15) is 0 Å². The molecule has 0 aliphatic carbocycles. The summed E-state index contributed by atoms with van der Waals surface area (Å²) < 4.78 is 5.72. The van der Waals surface area contributed by atoms with Gasteiger partial charge in [0, 0.05) is 5.39 Å². The third-order valence-electron chi connectivity index (χ3n) is 3.70. The second kappa shape index (κ2) is 4.89. The van der Waals surface area contributed by atoms with Crippen LogP contribution in [0.3, 0.4) is 0 Å². The van der Waals surface area contributed by atoms with Crippen molar-refractivity contribution in [1.29, 1.82) is 0 Å². The Morgan fingerprint density at radius 1 is 1.15 bits per heavy atom. The summed E-state index contributed by atoms with van der Waals surface area (Å²) >= 11 is 0. The number of aromatic nitrogens is 1. The molecule has 1 aliphatic rings. The Morgan fingerprint density at radius 2 is 1.95 bits per heavy atom. The first kappa shape index (κ1) is 13.1. The van der Waals surface area contributed by atoms with Gasteiger partial charge in [0.05, 0.1) is 23.7 Å². The smallest absolute Gasteiger partial charge is 0.189 e. The molecule has 0 N–H and O–H groups in total. The van der Waals surface area contributed by atoms with Gasteiger partial charge in [0.1, 0.15) is 6.61 Å². The van der Waals surface area contributed by atoms with Crippen molar-refractivity contribution in [3.8, 4) is 0 Å².